The van der Waals surface area contributed by atoms with E-state index in [4.69, 9.17) is 9.97 Å². The van der Waals surface area contributed by atoms with Gasteiger partial charge in [-0.1, -0.05) is 68.3 Å². The van der Waals surface area contributed by atoms with Crippen molar-refractivity contribution in [2.45, 2.75) is 46.0 Å². The summed E-state index contributed by atoms with van der Waals surface area (Å²) in [7, 11) is 0. The van der Waals surface area contributed by atoms with E-state index < -0.39 is 11.9 Å². The van der Waals surface area contributed by atoms with Gasteiger partial charge in [-0.25, -0.2) is 9.97 Å². The molecule has 0 fully saturated rings. The first-order valence-electron chi connectivity index (χ1n) is 10.6. The van der Waals surface area contributed by atoms with Gasteiger partial charge in [-0.05, 0) is 48.6 Å². The molecule has 1 N–H and O–H groups in total. The Morgan fingerprint density at radius 1 is 1.03 bits per heavy atom. The Morgan fingerprint density at radius 3 is 2.43 bits per heavy atom. The Morgan fingerprint density at radius 2 is 1.77 bits per heavy atom. The largest absolute Gasteiger partial charge is 0.481 e. The topological polar surface area (TPSA) is 63.1 Å². The fourth-order valence-corrected chi connectivity index (χ4v) is 4.21. The van der Waals surface area contributed by atoms with E-state index in [-0.39, 0.29) is 0 Å². The Bertz CT molecular complexity index is 1230. The Kier molecular flexibility index (Phi) is 5.49. The lowest BCUT2D eigenvalue weighted by atomic mass is 9.84. The van der Waals surface area contributed by atoms with E-state index in [0.717, 1.165) is 45.1 Å². The van der Waals surface area contributed by atoms with Crippen LogP contribution in [0.4, 0.5) is 0 Å². The average Bonchev–Trinajstić information content (AvgIpc) is 2.75. The van der Waals surface area contributed by atoms with Crippen LogP contribution in [0, 0.1) is 6.92 Å². The van der Waals surface area contributed by atoms with Crippen molar-refractivity contribution >= 4 is 27.9 Å². The van der Waals surface area contributed by atoms with Crippen molar-refractivity contribution < 1.29 is 9.90 Å². The summed E-state index contributed by atoms with van der Waals surface area (Å²) in [5.41, 5.74) is 6.35. The van der Waals surface area contributed by atoms with Crippen molar-refractivity contribution in [3.8, 4) is 11.1 Å². The second-order valence-electron chi connectivity index (χ2n) is 7.80. The van der Waals surface area contributed by atoms with Crippen LogP contribution < -0.4 is 0 Å². The van der Waals surface area contributed by atoms with Gasteiger partial charge in [0.25, 0.3) is 0 Å². The number of aliphatic carboxylic acids is 1. The smallest absolute Gasteiger partial charge is 0.311 e. The Labute approximate surface area is 176 Å². The van der Waals surface area contributed by atoms with E-state index >= 15 is 0 Å². The van der Waals surface area contributed by atoms with E-state index in [1.54, 1.807) is 0 Å². The summed E-state index contributed by atoms with van der Waals surface area (Å²) < 4.78 is 0. The van der Waals surface area contributed by atoms with Crippen LogP contribution in [0.2, 0.25) is 0 Å². The molecule has 0 aliphatic rings. The molecule has 0 saturated carbocycles. The van der Waals surface area contributed by atoms with E-state index in [0.29, 0.717) is 18.5 Å². The number of para-hydroxylation sites is 1. The zero-order valence-corrected chi connectivity index (χ0v) is 17.6. The normalized spacial score (nSPS) is 12.4. The number of carboxylic acid groups (broad SMARTS) is 1. The quantitative estimate of drug-likeness (QED) is 0.388. The van der Waals surface area contributed by atoms with Crippen LogP contribution in [-0.2, 0) is 11.2 Å². The van der Waals surface area contributed by atoms with Gasteiger partial charge in [-0.15, -0.1) is 0 Å². The summed E-state index contributed by atoms with van der Waals surface area (Å²) in [5, 5.41) is 12.0. The van der Waals surface area contributed by atoms with Crippen LogP contribution in [0.25, 0.3) is 33.1 Å². The molecule has 0 bridgehead atoms. The third-order valence-electron chi connectivity index (χ3n) is 5.69. The third-order valence-corrected chi connectivity index (χ3v) is 5.69. The molecule has 0 amide bonds. The van der Waals surface area contributed by atoms with Crippen LogP contribution in [-0.4, -0.2) is 21.0 Å². The zero-order chi connectivity index (χ0) is 21.3. The molecule has 0 radical (unpaired) electrons. The lowest BCUT2D eigenvalue weighted by Crippen LogP contribution is -2.16. The van der Waals surface area contributed by atoms with E-state index in [1.807, 2.05) is 38.1 Å². The molecule has 2 heterocycles. The maximum absolute atomic E-state index is 12.3. The average molecular weight is 399 g/mol. The van der Waals surface area contributed by atoms with Crippen molar-refractivity contribution in [2.75, 3.05) is 0 Å². The first-order valence-corrected chi connectivity index (χ1v) is 10.6. The molecule has 4 rings (SSSR count). The molecule has 2 aromatic heterocycles. The summed E-state index contributed by atoms with van der Waals surface area (Å²) in [6.07, 6.45) is 2.03. The predicted octanol–water partition coefficient (Wildman–Crippen LogP) is 6.29. The summed E-state index contributed by atoms with van der Waals surface area (Å²) in [5.74, 6) is -1.39. The summed E-state index contributed by atoms with van der Waals surface area (Å²) in [6.45, 7) is 6.11. The molecule has 0 saturated heterocycles. The molecular formula is C26H26N2O2. The number of aryl methyl sites for hydroxylation is 2. The van der Waals surface area contributed by atoms with Crippen molar-refractivity contribution in [2.24, 2.45) is 0 Å². The molecule has 1 unspecified atom stereocenters. The van der Waals surface area contributed by atoms with Crippen molar-refractivity contribution in [3.63, 3.8) is 0 Å². The van der Waals surface area contributed by atoms with Crippen LogP contribution >= 0.6 is 0 Å². The van der Waals surface area contributed by atoms with Crippen LogP contribution in [0.5, 0.6) is 0 Å². The number of carbonyl (C=O) groups is 1. The molecule has 30 heavy (non-hydrogen) atoms. The highest BCUT2D eigenvalue weighted by Crippen LogP contribution is 2.40. The fourth-order valence-electron chi connectivity index (χ4n) is 4.21. The van der Waals surface area contributed by atoms with E-state index in [9.17, 15) is 9.90 Å². The molecule has 4 heteroatoms. The summed E-state index contributed by atoms with van der Waals surface area (Å²) >= 11 is 0. The number of rotatable bonds is 6. The Hall–Kier alpha value is -3.27. The standard InChI is InChI=1S/C26H26N2O2/c1-4-8-19(26(29)30)24-21(5-2)27-25-20(15-18-9-6-7-10-22(18)28-25)23(24)17-13-11-16(3)12-14-17/h6-7,9-15,19H,4-5,8H2,1-3H3,(H,29,30). The molecule has 4 nitrogen and oxygen atoms in total. The second kappa shape index (κ2) is 8.23. The van der Waals surface area contributed by atoms with Gasteiger partial charge in [0.2, 0.25) is 0 Å². The van der Waals surface area contributed by atoms with E-state index in [1.165, 1.54) is 5.56 Å². The molecule has 0 aliphatic heterocycles. The molecule has 152 valence electrons. The van der Waals surface area contributed by atoms with Crippen LogP contribution in [0.3, 0.4) is 0 Å². The lowest BCUT2D eigenvalue weighted by Gasteiger charge is -2.22. The molecule has 1 atom stereocenters. The lowest BCUT2D eigenvalue weighted by molar-refractivity contribution is -0.139. The van der Waals surface area contributed by atoms with Gasteiger partial charge in [-0.3, -0.25) is 4.79 Å². The molecule has 0 spiro atoms. The fraction of sp³-hybridized carbons (Fsp3) is 0.269. The van der Waals surface area contributed by atoms with Gasteiger partial charge in [0.15, 0.2) is 5.65 Å². The molecule has 4 aromatic rings. The number of benzene rings is 2. The van der Waals surface area contributed by atoms with Crippen LogP contribution in [0.1, 0.15) is 49.4 Å². The molecule has 2 aromatic carbocycles. The van der Waals surface area contributed by atoms with Gasteiger partial charge in [0, 0.05) is 16.5 Å². The number of nitrogens with zero attached hydrogens (tertiary/aromatic N) is 2. The van der Waals surface area contributed by atoms with Gasteiger partial charge in [0.1, 0.15) is 0 Å². The number of hydrogen-bond acceptors (Lipinski definition) is 3. The number of pyridine rings is 2. The third kappa shape index (κ3) is 3.54. The highest BCUT2D eigenvalue weighted by atomic mass is 16.4. The van der Waals surface area contributed by atoms with Gasteiger partial charge in [-0.2, -0.15) is 0 Å². The van der Waals surface area contributed by atoms with Gasteiger partial charge < -0.3 is 5.11 Å². The maximum atomic E-state index is 12.3. The SMILES string of the molecule is CCCC(C(=O)O)c1c(CC)nc2nc3ccccc3cc2c1-c1ccc(C)cc1. The minimum Gasteiger partial charge on any atom is -0.481 e. The summed E-state index contributed by atoms with van der Waals surface area (Å²) in [4.78, 5) is 22.0. The van der Waals surface area contributed by atoms with Crippen molar-refractivity contribution in [3.05, 3.63) is 71.4 Å². The van der Waals surface area contributed by atoms with Crippen molar-refractivity contribution in [1.82, 2.24) is 9.97 Å². The summed E-state index contributed by atoms with van der Waals surface area (Å²) in [6, 6.07) is 18.4. The Balaban J connectivity index is 2.16. The molecule has 0 aliphatic carbocycles. The van der Waals surface area contributed by atoms with Gasteiger partial charge in [0.05, 0.1) is 11.4 Å². The van der Waals surface area contributed by atoms with E-state index in [2.05, 4.69) is 37.3 Å². The number of hydrogen-bond donors (Lipinski definition) is 1. The maximum Gasteiger partial charge on any atom is 0.311 e. The minimum atomic E-state index is -0.796. The number of fused-ring (bicyclic) bond motifs is 2. The number of aromatic nitrogens is 2. The van der Waals surface area contributed by atoms with Crippen LogP contribution in [0.15, 0.2) is 54.6 Å². The first kappa shape index (κ1) is 20.0. The predicted molar refractivity (Wildman–Crippen MR) is 122 cm³/mol. The highest BCUT2D eigenvalue weighted by molar-refractivity contribution is 6.02. The minimum absolute atomic E-state index is 0.579. The zero-order valence-electron chi connectivity index (χ0n) is 17.6. The first-order chi connectivity index (χ1) is 14.5. The monoisotopic (exact) mass is 398 g/mol. The highest BCUT2D eigenvalue weighted by Gasteiger charge is 2.28. The second-order valence-corrected chi connectivity index (χ2v) is 7.80. The number of carboxylic acids is 1. The molecular weight excluding hydrogens is 372 g/mol. The van der Waals surface area contributed by atoms with Gasteiger partial charge >= 0.3 is 5.97 Å². The van der Waals surface area contributed by atoms with Crippen molar-refractivity contribution in [1.29, 1.82) is 0 Å².